The van der Waals surface area contributed by atoms with Gasteiger partial charge in [0.15, 0.2) is 11.6 Å². The van der Waals surface area contributed by atoms with Crippen LogP contribution >= 0.6 is 0 Å². The minimum atomic E-state index is -0.781. The summed E-state index contributed by atoms with van der Waals surface area (Å²) < 4.78 is 31.2. The number of hydrogen-bond acceptors (Lipinski definition) is 3. The van der Waals surface area contributed by atoms with E-state index < -0.39 is 11.6 Å². The van der Waals surface area contributed by atoms with Crippen LogP contribution in [-0.4, -0.2) is 16.7 Å². The Hall–Kier alpha value is -2.01. The maximum Gasteiger partial charge on any atom is 0.219 e. The van der Waals surface area contributed by atoms with E-state index in [2.05, 4.69) is 4.98 Å². The van der Waals surface area contributed by atoms with E-state index in [4.69, 9.17) is 9.84 Å². The molecule has 0 fully saturated rings. The lowest BCUT2D eigenvalue weighted by Crippen LogP contribution is -1.94. The molecule has 2 rings (SSSR count). The summed E-state index contributed by atoms with van der Waals surface area (Å²) in [7, 11) is 0. The molecule has 18 heavy (non-hydrogen) atoms. The van der Waals surface area contributed by atoms with Crippen LogP contribution in [0, 0.1) is 11.6 Å². The average molecular weight is 251 g/mol. The van der Waals surface area contributed by atoms with Gasteiger partial charge in [0.05, 0.1) is 0 Å². The van der Waals surface area contributed by atoms with Crippen LogP contribution < -0.4 is 4.74 Å². The maximum atomic E-state index is 13.3. The zero-order valence-corrected chi connectivity index (χ0v) is 9.44. The second kappa shape index (κ2) is 5.55. The zero-order valence-electron chi connectivity index (χ0n) is 9.44. The van der Waals surface area contributed by atoms with Gasteiger partial charge in [-0.25, -0.2) is 13.8 Å². The number of aliphatic hydroxyl groups excluding tert-OH is 1. The lowest BCUT2D eigenvalue weighted by molar-refractivity contribution is 0.299. The number of rotatable bonds is 4. The van der Waals surface area contributed by atoms with Gasteiger partial charge < -0.3 is 9.84 Å². The molecule has 0 saturated heterocycles. The van der Waals surface area contributed by atoms with E-state index in [1.165, 1.54) is 12.3 Å². The van der Waals surface area contributed by atoms with Crippen molar-refractivity contribution in [1.82, 2.24) is 4.98 Å². The van der Waals surface area contributed by atoms with Gasteiger partial charge >= 0.3 is 0 Å². The topological polar surface area (TPSA) is 42.4 Å². The minimum Gasteiger partial charge on any atom is -0.436 e. The van der Waals surface area contributed by atoms with Crippen LogP contribution in [0.2, 0.25) is 0 Å². The van der Waals surface area contributed by atoms with Gasteiger partial charge in [0.2, 0.25) is 5.88 Å². The first-order valence-electron chi connectivity index (χ1n) is 5.38. The fourth-order valence-electron chi connectivity index (χ4n) is 1.42. The second-order valence-electron chi connectivity index (χ2n) is 3.66. The van der Waals surface area contributed by atoms with E-state index in [1.54, 1.807) is 12.1 Å². The summed E-state index contributed by atoms with van der Waals surface area (Å²) in [6.07, 6.45) is 2.03. The monoisotopic (exact) mass is 251 g/mol. The quantitative estimate of drug-likeness (QED) is 0.908. The molecular formula is C13H11F2NO2. The molecule has 0 amide bonds. The molecular weight excluding hydrogens is 240 g/mol. The molecule has 0 atom stereocenters. The summed E-state index contributed by atoms with van der Waals surface area (Å²) in [6, 6.07) is 6.34. The van der Waals surface area contributed by atoms with Gasteiger partial charge in [-0.15, -0.1) is 0 Å². The molecule has 3 nitrogen and oxygen atoms in total. The molecule has 1 aromatic carbocycles. The van der Waals surface area contributed by atoms with Crippen molar-refractivity contribution >= 4 is 0 Å². The van der Waals surface area contributed by atoms with Crippen LogP contribution in [0.25, 0.3) is 0 Å². The maximum absolute atomic E-state index is 13.3. The third-order valence-electron chi connectivity index (χ3n) is 2.31. The summed E-state index contributed by atoms with van der Waals surface area (Å²) in [6.45, 7) is 0.0362. The minimum absolute atomic E-state index is 0.0362. The number of pyridine rings is 1. The highest BCUT2D eigenvalue weighted by atomic mass is 19.1. The summed E-state index contributed by atoms with van der Waals surface area (Å²) in [5, 5.41) is 8.74. The zero-order chi connectivity index (χ0) is 13.0. The van der Waals surface area contributed by atoms with Gasteiger partial charge in [0.1, 0.15) is 5.82 Å². The third-order valence-corrected chi connectivity index (χ3v) is 2.31. The molecule has 94 valence electrons. The van der Waals surface area contributed by atoms with Gasteiger partial charge in [0.25, 0.3) is 0 Å². The molecule has 1 heterocycles. The largest absolute Gasteiger partial charge is 0.436 e. The first kappa shape index (κ1) is 12.4. The highest BCUT2D eigenvalue weighted by Crippen LogP contribution is 2.23. The molecule has 1 aromatic heterocycles. The Bertz CT molecular complexity index is 529. The molecule has 0 unspecified atom stereocenters. The Morgan fingerprint density at radius 3 is 2.61 bits per heavy atom. The van der Waals surface area contributed by atoms with E-state index in [0.29, 0.717) is 6.42 Å². The molecule has 0 bridgehead atoms. The van der Waals surface area contributed by atoms with E-state index in [1.807, 2.05) is 0 Å². The number of nitrogens with zero attached hydrogens (tertiary/aromatic N) is 1. The molecule has 0 saturated carbocycles. The first-order valence-corrected chi connectivity index (χ1v) is 5.38. The van der Waals surface area contributed by atoms with Crippen molar-refractivity contribution in [2.75, 3.05) is 6.61 Å². The van der Waals surface area contributed by atoms with Crippen LogP contribution in [0.5, 0.6) is 11.6 Å². The third kappa shape index (κ3) is 3.01. The Kier molecular flexibility index (Phi) is 3.84. The number of benzene rings is 1. The first-order chi connectivity index (χ1) is 8.69. The smallest absolute Gasteiger partial charge is 0.219 e. The Morgan fingerprint density at radius 2 is 2.00 bits per heavy atom. The molecule has 5 heteroatoms. The molecule has 1 N–H and O–H groups in total. The van der Waals surface area contributed by atoms with Gasteiger partial charge in [-0.05, 0) is 24.1 Å². The molecule has 0 aliphatic heterocycles. The SMILES string of the molecule is OCCc1ccc(Oc2ccc(F)cc2F)nc1. The van der Waals surface area contributed by atoms with E-state index in [9.17, 15) is 8.78 Å². The van der Waals surface area contributed by atoms with Crippen molar-refractivity contribution in [2.45, 2.75) is 6.42 Å². The van der Waals surface area contributed by atoms with Crippen LogP contribution in [0.1, 0.15) is 5.56 Å². The van der Waals surface area contributed by atoms with Crippen molar-refractivity contribution in [1.29, 1.82) is 0 Å². The lowest BCUT2D eigenvalue weighted by atomic mass is 10.2. The van der Waals surface area contributed by atoms with Crippen LogP contribution in [-0.2, 0) is 6.42 Å². The van der Waals surface area contributed by atoms with E-state index in [0.717, 1.165) is 17.7 Å². The highest BCUT2D eigenvalue weighted by Gasteiger charge is 2.06. The lowest BCUT2D eigenvalue weighted by Gasteiger charge is -2.06. The van der Waals surface area contributed by atoms with Crippen LogP contribution in [0.4, 0.5) is 8.78 Å². The van der Waals surface area contributed by atoms with Crippen molar-refractivity contribution in [3.63, 3.8) is 0 Å². The standard InChI is InChI=1S/C13H11F2NO2/c14-10-2-3-12(11(15)7-10)18-13-4-1-9(5-6-17)8-16-13/h1-4,7-8,17H,5-6H2. The van der Waals surface area contributed by atoms with Crippen LogP contribution in [0.3, 0.4) is 0 Å². The van der Waals surface area contributed by atoms with Crippen molar-refractivity contribution in [3.05, 3.63) is 53.7 Å². The predicted molar refractivity (Wildman–Crippen MR) is 61.5 cm³/mol. The van der Waals surface area contributed by atoms with Crippen molar-refractivity contribution < 1.29 is 18.6 Å². The highest BCUT2D eigenvalue weighted by molar-refractivity contribution is 5.29. The number of aliphatic hydroxyl groups is 1. The molecule has 0 spiro atoms. The fourth-order valence-corrected chi connectivity index (χ4v) is 1.42. The molecule has 0 aliphatic rings. The number of hydrogen-bond donors (Lipinski definition) is 1. The average Bonchev–Trinajstić information content (AvgIpc) is 2.35. The number of aromatic nitrogens is 1. The van der Waals surface area contributed by atoms with Gasteiger partial charge in [-0.1, -0.05) is 6.07 Å². The molecule has 2 aromatic rings. The fraction of sp³-hybridized carbons (Fsp3) is 0.154. The van der Waals surface area contributed by atoms with Gasteiger partial charge in [-0.3, -0.25) is 0 Å². The second-order valence-corrected chi connectivity index (χ2v) is 3.66. The van der Waals surface area contributed by atoms with E-state index in [-0.39, 0.29) is 18.2 Å². The molecule has 0 aliphatic carbocycles. The van der Waals surface area contributed by atoms with E-state index >= 15 is 0 Å². The summed E-state index contributed by atoms with van der Waals surface area (Å²) >= 11 is 0. The Balaban J connectivity index is 2.13. The summed E-state index contributed by atoms with van der Waals surface area (Å²) in [4.78, 5) is 3.96. The normalized spacial score (nSPS) is 10.4. The molecule has 0 radical (unpaired) electrons. The van der Waals surface area contributed by atoms with Crippen LogP contribution in [0.15, 0.2) is 36.5 Å². The summed E-state index contributed by atoms with van der Waals surface area (Å²) in [5.74, 6) is -1.32. The predicted octanol–water partition coefficient (Wildman–Crippen LogP) is 2.69. The number of halogens is 2. The Morgan fingerprint density at radius 1 is 1.17 bits per heavy atom. The van der Waals surface area contributed by atoms with Crippen molar-refractivity contribution in [2.24, 2.45) is 0 Å². The number of ether oxygens (including phenoxy) is 1. The van der Waals surface area contributed by atoms with Gasteiger partial charge in [0, 0.05) is 24.9 Å². The van der Waals surface area contributed by atoms with Crippen molar-refractivity contribution in [3.8, 4) is 11.6 Å². The Labute approximate surface area is 103 Å². The van der Waals surface area contributed by atoms with Gasteiger partial charge in [-0.2, -0.15) is 0 Å². The summed E-state index contributed by atoms with van der Waals surface area (Å²) in [5.41, 5.74) is 0.851.